The molecule has 3 atom stereocenters. The van der Waals surface area contributed by atoms with Gasteiger partial charge in [-0.25, -0.2) is 9.48 Å². The summed E-state index contributed by atoms with van der Waals surface area (Å²) in [6.07, 6.45) is 10.6. The minimum absolute atomic E-state index is 0.0105. The van der Waals surface area contributed by atoms with Crippen LogP contribution in [0, 0.1) is 0 Å². The monoisotopic (exact) mass is 511 g/mol. The molecule has 3 heterocycles. The molecule has 202 valence electrons. The van der Waals surface area contributed by atoms with E-state index in [-0.39, 0.29) is 37.0 Å². The normalized spacial score (nSPS) is 28.7. The summed E-state index contributed by atoms with van der Waals surface area (Å²) in [4.78, 5) is 14.7. The van der Waals surface area contributed by atoms with E-state index in [0.717, 1.165) is 75.7 Å². The Morgan fingerprint density at radius 2 is 1.89 bits per heavy atom. The highest BCUT2D eigenvalue weighted by Gasteiger charge is 2.40. The second kappa shape index (κ2) is 12.4. The van der Waals surface area contributed by atoms with Crippen LogP contribution >= 0.6 is 0 Å². The smallest absolute Gasteiger partial charge is 0.409 e. The minimum Gasteiger partial charge on any atom is -0.453 e. The van der Waals surface area contributed by atoms with Crippen LogP contribution < -0.4 is 0 Å². The van der Waals surface area contributed by atoms with Gasteiger partial charge in [-0.05, 0) is 69.3 Å². The zero-order chi connectivity index (χ0) is 25.6. The third-order valence-corrected chi connectivity index (χ3v) is 8.50. The van der Waals surface area contributed by atoms with Crippen molar-refractivity contribution < 1.29 is 24.1 Å². The largest absolute Gasteiger partial charge is 0.453 e. The Balaban J connectivity index is 1.32. The number of amides is 1. The molecule has 2 saturated heterocycles. The van der Waals surface area contributed by atoms with Crippen LogP contribution in [0.25, 0.3) is 0 Å². The molecule has 0 spiro atoms. The fourth-order valence-corrected chi connectivity index (χ4v) is 6.53. The van der Waals surface area contributed by atoms with Crippen LogP contribution in [0.4, 0.5) is 4.79 Å². The summed E-state index contributed by atoms with van der Waals surface area (Å²) in [6, 6.07) is 10.6. The third-order valence-electron chi connectivity index (χ3n) is 8.50. The number of ether oxygens (including phenoxy) is 3. The van der Waals surface area contributed by atoms with Gasteiger partial charge < -0.3 is 24.2 Å². The molecule has 5 rings (SSSR count). The molecule has 3 aliphatic rings. The molecule has 37 heavy (non-hydrogen) atoms. The predicted molar refractivity (Wildman–Crippen MR) is 139 cm³/mol. The number of aliphatic hydroxyl groups is 1. The van der Waals surface area contributed by atoms with Gasteiger partial charge in [0.1, 0.15) is 6.23 Å². The second-order valence-corrected chi connectivity index (χ2v) is 10.7. The molecule has 0 bridgehead atoms. The molecule has 0 radical (unpaired) electrons. The number of aromatic nitrogens is 2. The molecule has 3 fully saturated rings. The van der Waals surface area contributed by atoms with Crippen molar-refractivity contribution >= 4 is 6.09 Å². The average Bonchev–Trinajstić information content (AvgIpc) is 3.41. The highest BCUT2D eigenvalue weighted by atomic mass is 16.5. The second-order valence-electron chi connectivity index (χ2n) is 10.7. The lowest BCUT2D eigenvalue weighted by molar-refractivity contribution is -0.0469. The number of hydrogen-bond acceptors (Lipinski definition) is 6. The maximum atomic E-state index is 12.8. The van der Waals surface area contributed by atoms with E-state index in [1.165, 1.54) is 12.7 Å². The zero-order valence-corrected chi connectivity index (χ0v) is 22.0. The quantitative estimate of drug-likeness (QED) is 0.555. The van der Waals surface area contributed by atoms with Crippen LogP contribution in [0.3, 0.4) is 0 Å². The number of nitrogens with zero attached hydrogens (tertiary/aromatic N) is 3. The lowest BCUT2D eigenvalue weighted by atomic mass is 9.82. The van der Waals surface area contributed by atoms with Gasteiger partial charge in [-0.1, -0.05) is 30.3 Å². The molecular formula is C29H41N3O5. The summed E-state index contributed by atoms with van der Waals surface area (Å²) in [5, 5.41) is 14.8. The van der Waals surface area contributed by atoms with E-state index in [2.05, 4.69) is 35.4 Å². The van der Waals surface area contributed by atoms with Gasteiger partial charge in [-0.15, -0.1) is 0 Å². The third kappa shape index (κ3) is 5.86. The first kappa shape index (κ1) is 26.2. The molecule has 1 N–H and O–H groups in total. The van der Waals surface area contributed by atoms with E-state index in [1.807, 2.05) is 9.58 Å². The molecule has 2 aromatic rings. The molecule has 2 aliphatic heterocycles. The molecule has 1 saturated carbocycles. The van der Waals surface area contributed by atoms with Crippen molar-refractivity contribution in [2.24, 2.45) is 0 Å². The number of carbonyl (C=O) groups excluding carboxylic acids is 1. The van der Waals surface area contributed by atoms with Crippen molar-refractivity contribution in [1.29, 1.82) is 0 Å². The Morgan fingerprint density at radius 3 is 2.59 bits per heavy atom. The first-order valence-electron chi connectivity index (χ1n) is 14.0. The van der Waals surface area contributed by atoms with E-state index < -0.39 is 0 Å². The highest BCUT2D eigenvalue weighted by Crippen LogP contribution is 2.39. The van der Waals surface area contributed by atoms with Gasteiger partial charge >= 0.3 is 6.09 Å². The van der Waals surface area contributed by atoms with Gasteiger partial charge in [0.25, 0.3) is 0 Å². The summed E-state index contributed by atoms with van der Waals surface area (Å²) < 4.78 is 19.8. The van der Waals surface area contributed by atoms with Crippen LogP contribution in [0.5, 0.6) is 0 Å². The Bertz CT molecular complexity index is 998. The predicted octanol–water partition coefficient (Wildman–Crippen LogP) is 5.13. The van der Waals surface area contributed by atoms with Gasteiger partial charge in [0, 0.05) is 24.6 Å². The topological polar surface area (TPSA) is 86.1 Å². The first-order chi connectivity index (χ1) is 18.2. The Morgan fingerprint density at radius 1 is 1.08 bits per heavy atom. The van der Waals surface area contributed by atoms with Crippen molar-refractivity contribution in [3.05, 3.63) is 53.3 Å². The van der Waals surface area contributed by atoms with Gasteiger partial charge in [0.15, 0.2) is 0 Å². The SMILES string of the molecule is COC(=O)N1CCCC(c2c(CO)cnn2C2CCCCO2)[C@@H]1COC1CCC(c2ccccc2)CC1. The fourth-order valence-electron chi connectivity index (χ4n) is 6.53. The molecule has 1 aromatic heterocycles. The van der Waals surface area contributed by atoms with E-state index in [1.54, 1.807) is 6.20 Å². The number of carbonyl (C=O) groups is 1. The maximum absolute atomic E-state index is 12.8. The van der Waals surface area contributed by atoms with E-state index >= 15 is 0 Å². The number of methoxy groups -OCH3 is 1. The van der Waals surface area contributed by atoms with E-state index in [0.29, 0.717) is 19.1 Å². The average molecular weight is 512 g/mol. The number of piperidine rings is 1. The minimum atomic E-state index is -0.323. The summed E-state index contributed by atoms with van der Waals surface area (Å²) in [5.41, 5.74) is 3.20. The Labute approximate surface area is 219 Å². The van der Waals surface area contributed by atoms with Crippen molar-refractivity contribution in [2.45, 2.75) is 94.6 Å². The molecule has 8 nitrogen and oxygen atoms in total. The van der Waals surface area contributed by atoms with Gasteiger partial charge in [-0.2, -0.15) is 5.10 Å². The van der Waals surface area contributed by atoms with Crippen LogP contribution in [-0.4, -0.2) is 64.9 Å². The molecule has 8 heteroatoms. The van der Waals surface area contributed by atoms with Gasteiger partial charge in [0.2, 0.25) is 0 Å². The Hall–Kier alpha value is -2.42. The van der Waals surface area contributed by atoms with Gasteiger partial charge in [0.05, 0.1) is 44.4 Å². The van der Waals surface area contributed by atoms with Gasteiger partial charge in [-0.3, -0.25) is 0 Å². The molecule has 1 aromatic carbocycles. The summed E-state index contributed by atoms with van der Waals surface area (Å²) in [7, 11) is 1.44. The number of aliphatic hydroxyl groups excluding tert-OH is 1. The van der Waals surface area contributed by atoms with Crippen LogP contribution in [0.15, 0.2) is 36.5 Å². The number of hydrogen-bond donors (Lipinski definition) is 1. The van der Waals surface area contributed by atoms with Crippen molar-refractivity contribution in [2.75, 3.05) is 26.9 Å². The standard InChI is InChI=1S/C29H41N3O5/c1-35-29(34)31-16-7-10-25(28-23(19-33)18-30-32(28)27-11-5-6-17-36-27)26(31)20-37-24-14-12-22(13-15-24)21-8-3-2-4-9-21/h2-4,8-9,18,22,24-27,33H,5-7,10-17,19-20H2,1H3/t22?,24?,25?,26-,27?/m0/s1. The lowest BCUT2D eigenvalue weighted by Crippen LogP contribution is -2.51. The van der Waals surface area contributed by atoms with Crippen molar-refractivity contribution in [3.8, 4) is 0 Å². The number of rotatable bonds is 7. The van der Waals surface area contributed by atoms with E-state index in [4.69, 9.17) is 14.2 Å². The summed E-state index contributed by atoms with van der Waals surface area (Å²) in [6.45, 7) is 1.71. The molecule has 1 amide bonds. The molecular weight excluding hydrogens is 470 g/mol. The first-order valence-corrected chi connectivity index (χ1v) is 14.0. The summed E-state index contributed by atoms with van der Waals surface area (Å²) >= 11 is 0. The maximum Gasteiger partial charge on any atom is 0.409 e. The molecule has 1 aliphatic carbocycles. The fraction of sp³-hybridized carbons (Fsp3) is 0.655. The molecule has 2 unspecified atom stereocenters. The highest BCUT2D eigenvalue weighted by molar-refractivity contribution is 5.68. The number of likely N-dealkylation sites (tertiary alicyclic amines) is 1. The Kier molecular flexibility index (Phi) is 8.79. The number of benzene rings is 1. The zero-order valence-electron chi connectivity index (χ0n) is 22.0. The van der Waals surface area contributed by atoms with Crippen LogP contribution in [0.2, 0.25) is 0 Å². The van der Waals surface area contributed by atoms with Crippen LogP contribution in [-0.2, 0) is 20.8 Å². The summed E-state index contributed by atoms with van der Waals surface area (Å²) in [5.74, 6) is 0.579. The van der Waals surface area contributed by atoms with E-state index in [9.17, 15) is 9.90 Å². The lowest BCUT2D eigenvalue weighted by Gasteiger charge is -2.42. The van der Waals surface area contributed by atoms with Crippen molar-refractivity contribution in [1.82, 2.24) is 14.7 Å². The van der Waals surface area contributed by atoms with Crippen LogP contribution in [0.1, 0.15) is 92.7 Å². The van der Waals surface area contributed by atoms with Crippen molar-refractivity contribution in [3.63, 3.8) is 0 Å².